The first-order chi connectivity index (χ1) is 7.95. The molecule has 1 aromatic carbocycles. The monoisotopic (exact) mass is 307 g/mol. The standard InChI is InChI=1S/C11H12BrF2NO2/c1-2-3-9(11(16)17)15-10-4-6(12)7(13)5-8(10)14/h4-5,9,15H,2-3H2,1H3,(H,16,17). The van der Waals surface area contributed by atoms with Crippen molar-refractivity contribution in [2.45, 2.75) is 25.8 Å². The van der Waals surface area contributed by atoms with Crippen LogP contribution in [0.25, 0.3) is 0 Å². The lowest BCUT2D eigenvalue weighted by atomic mass is 10.1. The summed E-state index contributed by atoms with van der Waals surface area (Å²) in [7, 11) is 0. The molecule has 6 heteroatoms. The zero-order chi connectivity index (χ0) is 13.0. The Balaban J connectivity index is 2.93. The van der Waals surface area contributed by atoms with Gasteiger partial charge in [-0.05, 0) is 28.4 Å². The second-order valence-electron chi connectivity index (χ2n) is 3.57. The zero-order valence-corrected chi connectivity index (χ0v) is 10.7. The molecule has 0 amide bonds. The SMILES string of the molecule is CCCC(Nc1cc(Br)c(F)cc1F)C(=O)O. The molecule has 0 saturated carbocycles. The highest BCUT2D eigenvalue weighted by atomic mass is 79.9. The van der Waals surface area contributed by atoms with Crippen molar-refractivity contribution in [1.29, 1.82) is 0 Å². The molecule has 0 aliphatic heterocycles. The van der Waals surface area contributed by atoms with Gasteiger partial charge < -0.3 is 10.4 Å². The van der Waals surface area contributed by atoms with Gasteiger partial charge in [-0.1, -0.05) is 13.3 Å². The van der Waals surface area contributed by atoms with Crippen LogP contribution < -0.4 is 5.32 Å². The summed E-state index contributed by atoms with van der Waals surface area (Å²) in [4.78, 5) is 10.9. The van der Waals surface area contributed by atoms with Gasteiger partial charge in [0.1, 0.15) is 17.7 Å². The van der Waals surface area contributed by atoms with E-state index in [4.69, 9.17) is 5.11 Å². The summed E-state index contributed by atoms with van der Waals surface area (Å²) in [5, 5.41) is 11.5. The number of halogens is 3. The van der Waals surface area contributed by atoms with Crippen molar-refractivity contribution in [1.82, 2.24) is 0 Å². The van der Waals surface area contributed by atoms with Gasteiger partial charge in [0.05, 0.1) is 10.2 Å². The molecule has 17 heavy (non-hydrogen) atoms. The number of carbonyl (C=O) groups is 1. The molecule has 0 heterocycles. The smallest absolute Gasteiger partial charge is 0.326 e. The number of rotatable bonds is 5. The van der Waals surface area contributed by atoms with E-state index < -0.39 is 23.6 Å². The number of benzene rings is 1. The molecule has 0 bridgehead atoms. The highest BCUT2D eigenvalue weighted by Crippen LogP contribution is 2.24. The molecule has 1 atom stereocenters. The molecular formula is C11H12BrF2NO2. The van der Waals surface area contributed by atoms with Gasteiger partial charge in [-0.2, -0.15) is 0 Å². The van der Waals surface area contributed by atoms with E-state index in [0.29, 0.717) is 18.9 Å². The van der Waals surface area contributed by atoms with Crippen molar-refractivity contribution in [2.24, 2.45) is 0 Å². The number of hydrogen-bond acceptors (Lipinski definition) is 2. The number of carboxylic acids is 1. The summed E-state index contributed by atoms with van der Waals surface area (Å²) in [6.45, 7) is 1.83. The number of carboxylic acid groups (broad SMARTS) is 1. The Kier molecular flexibility index (Phi) is 4.86. The van der Waals surface area contributed by atoms with Crippen LogP contribution in [-0.2, 0) is 4.79 Å². The van der Waals surface area contributed by atoms with Crippen molar-refractivity contribution in [3.63, 3.8) is 0 Å². The Morgan fingerprint density at radius 2 is 2.12 bits per heavy atom. The predicted molar refractivity (Wildman–Crippen MR) is 64.0 cm³/mol. The molecule has 0 aliphatic carbocycles. The Bertz CT molecular complexity index is 426. The molecule has 94 valence electrons. The van der Waals surface area contributed by atoms with Crippen molar-refractivity contribution >= 4 is 27.6 Å². The van der Waals surface area contributed by atoms with Gasteiger partial charge in [-0.3, -0.25) is 0 Å². The number of anilines is 1. The maximum Gasteiger partial charge on any atom is 0.326 e. The molecular weight excluding hydrogens is 296 g/mol. The lowest BCUT2D eigenvalue weighted by Gasteiger charge is -2.15. The molecule has 0 aromatic heterocycles. The maximum atomic E-state index is 13.4. The summed E-state index contributed by atoms with van der Waals surface area (Å²) in [6, 6.07) is 1.01. The molecule has 0 fully saturated rings. The van der Waals surface area contributed by atoms with Crippen LogP contribution in [-0.4, -0.2) is 17.1 Å². The van der Waals surface area contributed by atoms with E-state index >= 15 is 0 Å². The van der Waals surface area contributed by atoms with Crippen LogP contribution in [0.5, 0.6) is 0 Å². The van der Waals surface area contributed by atoms with Crippen molar-refractivity contribution in [2.75, 3.05) is 5.32 Å². The molecule has 0 aliphatic rings. The first-order valence-electron chi connectivity index (χ1n) is 5.09. The van der Waals surface area contributed by atoms with Crippen LogP contribution in [0.1, 0.15) is 19.8 Å². The minimum Gasteiger partial charge on any atom is -0.480 e. The Labute approximate surface area is 106 Å². The third kappa shape index (κ3) is 3.66. The fourth-order valence-corrected chi connectivity index (χ4v) is 1.71. The predicted octanol–water partition coefficient (Wildman–Crippen LogP) is 3.39. The molecule has 0 saturated heterocycles. The lowest BCUT2D eigenvalue weighted by molar-refractivity contribution is -0.138. The summed E-state index contributed by atoms with van der Waals surface area (Å²) in [5.41, 5.74) is -0.0286. The highest BCUT2D eigenvalue weighted by molar-refractivity contribution is 9.10. The summed E-state index contributed by atoms with van der Waals surface area (Å²) in [5.74, 6) is -2.60. The summed E-state index contributed by atoms with van der Waals surface area (Å²) >= 11 is 2.92. The van der Waals surface area contributed by atoms with E-state index in [-0.39, 0.29) is 10.2 Å². The van der Waals surface area contributed by atoms with Crippen LogP contribution in [0, 0.1) is 11.6 Å². The first-order valence-corrected chi connectivity index (χ1v) is 5.89. The van der Waals surface area contributed by atoms with Crippen LogP contribution in [0.4, 0.5) is 14.5 Å². The van der Waals surface area contributed by atoms with E-state index in [0.717, 1.165) is 0 Å². The highest BCUT2D eigenvalue weighted by Gasteiger charge is 2.18. The van der Waals surface area contributed by atoms with Gasteiger partial charge in [-0.25, -0.2) is 13.6 Å². The molecule has 1 unspecified atom stereocenters. The topological polar surface area (TPSA) is 49.3 Å². The average molecular weight is 308 g/mol. The third-order valence-electron chi connectivity index (χ3n) is 2.22. The fraction of sp³-hybridized carbons (Fsp3) is 0.364. The van der Waals surface area contributed by atoms with Crippen LogP contribution in [0.3, 0.4) is 0 Å². The van der Waals surface area contributed by atoms with E-state index in [9.17, 15) is 13.6 Å². The van der Waals surface area contributed by atoms with E-state index in [1.165, 1.54) is 6.07 Å². The Morgan fingerprint density at radius 3 is 2.65 bits per heavy atom. The third-order valence-corrected chi connectivity index (χ3v) is 2.82. The normalized spacial score (nSPS) is 12.2. The van der Waals surface area contributed by atoms with Crippen molar-refractivity contribution in [3.05, 3.63) is 28.2 Å². The Hall–Kier alpha value is -1.17. The summed E-state index contributed by atoms with van der Waals surface area (Å²) < 4.78 is 26.4. The minimum absolute atomic E-state index is 0.0286. The molecule has 2 N–H and O–H groups in total. The van der Waals surface area contributed by atoms with E-state index in [1.54, 1.807) is 0 Å². The van der Waals surface area contributed by atoms with Gasteiger partial charge in [-0.15, -0.1) is 0 Å². The molecule has 1 rings (SSSR count). The van der Waals surface area contributed by atoms with E-state index in [1.807, 2.05) is 6.92 Å². The number of hydrogen-bond donors (Lipinski definition) is 2. The lowest BCUT2D eigenvalue weighted by Crippen LogP contribution is -2.29. The molecule has 0 radical (unpaired) electrons. The van der Waals surface area contributed by atoms with Crippen LogP contribution in [0.15, 0.2) is 16.6 Å². The maximum absolute atomic E-state index is 13.4. The quantitative estimate of drug-likeness (QED) is 0.820. The van der Waals surface area contributed by atoms with Crippen molar-refractivity contribution in [3.8, 4) is 0 Å². The first kappa shape index (κ1) is 13.9. The van der Waals surface area contributed by atoms with Gasteiger partial charge in [0.25, 0.3) is 0 Å². The van der Waals surface area contributed by atoms with Crippen LogP contribution >= 0.6 is 15.9 Å². The minimum atomic E-state index is -1.06. The van der Waals surface area contributed by atoms with E-state index in [2.05, 4.69) is 21.2 Å². The molecule has 3 nitrogen and oxygen atoms in total. The zero-order valence-electron chi connectivity index (χ0n) is 9.14. The van der Waals surface area contributed by atoms with Gasteiger partial charge in [0.15, 0.2) is 0 Å². The number of aliphatic carboxylic acids is 1. The molecule has 0 spiro atoms. The van der Waals surface area contributed by atoms with Crippen molar-refractivity contribution < 1.29 is 18.7 Å². The van der Waals surface area contributed by atoms with Crippen LogP contribution in [0.2, 0.25) is 0 Å². The second-order valence-corrected chi connectivity index (χ2v) is 4.42. The number of nitrogens with one attached hydrogen (secondary N) is 1. The average Bonchev–Trinajstić information content (AvgIpc) is 2.24. The Morgan fingerprint density at radius 1 is 1.47 bits per heavy atom. The van der Waals surface area contributed by atoms with Gasteiger partial charge in [0.2, 0.25) is 0 Å². The molecule has 1 aromatic rings. The summed E-state index contributed by atoms with van der Waals surface area (Å²) in [6.07, 6.45) is 1.01. The van der Waals surface area contributed by atoms with Gasteiger partial charge in [0, 0.05) is 6.07 Å². The van der Waals surface area contributed by atoms with Gasteiger partial charge >= 0.3 is 5.97 Å². The largest absolute Gasteiger partial charge is 0.480 e. The fourth-order valence-electron chi connectivity index (χ4n) is 1.37. The second kappa shape index (κ2) is 5.95.